The van der Waals surface area contributed by atoms with Gasteiger partial charge in [-0.25, -0.2) is 4.39 Å². The average Bonchev–Trinajstić information content (AvgIpc) is 3.12. The standard InChI is InChI=1S/C25H17ClFN3O/c26-22-6-2-3-7-23(22)29-25(31)18(14-28)13-19-16-30(24-8-4-1-5-21(19)24)15-17-9-11-20(27)12-10-17/h1-13,16H,15H2,(H,29,31)/b18-13+. The van der Waals surface area contributed by atoms with Crippen LogP contribution in [0.1, 0.15) is 11.1 Å². The number of fused-ring (bicyclic) bond motifs is 1. The van der Waals surface area contributed by atoms with Crippen molar-refractivity contribution >= 4 is 40.2 Å². The van der Waals surface area contributed by atoms with E-state index in [1.165, 1.54) is 12.1 Å². The second kappa shape index (κ2) is 8.86. The molecule has 1 aromatic heterocycles. The normalized spacial score (nSPS) is 11.3. The number of nitriles is 1. The van der Waals surface area contributed by atoms with Crippen LogP contribution in [-0.2, 0) is 11.3 Å². The number of benzene rings is 3. The number of nitrogens with one attached hydrogen (secondary N) is 1. The molecule has 1 N–H and O–H groups in total. The van der Waals surface area contributed by atoms with Gasteiger partial charge in [0.1, 0.15) is 17.5 Å². The number of nitrogens with zero attached hydrogens (tertiary/aromatic N) is 2. The zero-order valence-corrected chi connectivity index (χ0v) is 17.1. The molecular weight excluding hydrogens is 413 g/mol. The van der Waals surface area contributed by atoms with Crippen LogP contribution in [0.25, 0.3) is 17.0 Å². The topological polar surface area (TPSA) is 57.8 Å². The summed E-state index contributed by atoms with van der Waals surface area (Å²) < 4.78 is 15.2. The zero-order valence-electron chi connectivity index (χ0n) is 16.3. The molecule has 0 radical (unpaired) electrons. The van der Waals surface area contributed by atoms with E-state index in [0.717, 1.165) is 22.0 Å². The quantitative estimate of drug-likeness (QED) is 0.311. The molecule has 0 saturated heterocycles. The maximum atomic E-state index is 13.2. The number of anilines is 1. The lowest BCUT2D eigenvalue weighted by molar-refractivity contribution is -0.112. The first kappa shape index (κ1) is 20.4. The van der Waals surface area contributed by atoms with Crippen molar-refractivity contribution in [1.82, 2.24) is 4.57 Å². The van der Waals surface area contributed by atoms with Crippen LogP contribution in [0, 0.1) is 17.1 Å². The molecule has 0 saturated carbocycles. The van der Waals surface area contributed by atoms with E-state index in [9.17, 15) is 14.4 Å². The summed E-state index contributed by atoms with van der Waals surface area (Å²) >= 11 is 6.10. The SMILES string of the molecule is N#C/C(=C\c1cn(Cc2ccc(F)cc2)c2ccccc12)C(=O)Nc1ccccc1Cl. The molecule has 4 nitrogen and oxygen atoms in total. The highest BCUT2D eigenvalue weighted by molar-refractivity contribution is 6.34. The van der Waals surface area contributed by atoms with Gasteiger partial charge < -0.3 is 9.88 Å². The van der Waals surface area contributed by atoms with Crippen LogP contribution in [0.4, 0.5) is 10.1 Å². The Bertz CT molecular complexity index is 1330. The molecule has 4 aromatic rings. The fourth-order valence-electron chi connectivity index (χ4n) is 3.36. The number of carbonyl (C=O) groups excluding carboxylic acids is 1. The number of hydrogen-bond donors (Lipinski definition) is 1. The highest BCUT2D eigenvalue weighted by Gasteiger charge is 2.14. The minimum atomic E-state index is -0.536. The first-order valence-electron chi connectivity index (χ1n) is 9.55. The minimum absolute atomic E-state index is 0.0374. The predicted octanol–water partition coefficient (Wildman–Crippen LogP) is 6.03. The van der Waals surface area contributed by atoms with Crippen LogP contribution in [0.15, 0.2) is 84.6 Å². The van der Waals surface area contributed by atoms with Crippen molar-refractivity contribution in [1.29, 1.82) is 5.26 Å². The number of carbonyl (C=O) groups is 1. The van der Waals surface area contributed by atoms with Crippen LogP contribution in [0.5, 0.6) is 0 Å². The summed E-state index contributed by atoms with van der Waals surface area (Å²) in [6.45, 7) is 0.530. The molecule has 1 heterocycles. The van der Waals surface area contributed by atoms with Gasteiger partial charge in [0.15, 0.2) is 0 Å². The molecule has 152 valence electrons. The van der Waals surface area contributed by atoms with E-state index in [1.807, 2.05) is 41.1 Å². The summed E-state index contributed by atoms with van der Waals surface area (Å²) in [6, 6.07) is 22.9. The van der Waals surface area contributed by atoms with Crippen LogP contribution < -0.4 is 5.32 Å². The summed E-state index contributed by atoms with van der Waals surface area (Å²) in [5.41, 5.74) is 3.03. The zero-order chi connectivity index (χ0) is 21.8. The molecular formula is C25H17ClFN3O. The molecule has 0 aliphatic carbocycles. The van der Waals surface area contributed by atoms with E-state index in [0.29, 0.717) is 17.3 Å². The van der Waals surface area contributed by atoms with Crippen LogP contribution >= 0.6 is 11.6 Å². The molecule has 4 rings (SSSR count). The maximum Gasteiger partial charge on any atom is 0.266 e. The number of aromatic nitrogens is 1. The van der Waals surface area contributed by atoms with Crippen molar-refractivity contribution in [3.05, 3.63) is 107 Å². The third-order valence-electron chi connectivity index (χ3n) is 4.87. The molecule has 0 spiro atoms. The van der Waals surface area contributed by atoms with E-state index in [1.54, 1.807) is 42.5 Å². The third kappa shape index (κ3) is 4.50. The lowest BCUT2D eigenvalue weighted by Gasteiger charge is -2.06. The molecule has 0 atom stereocenters. The van der Waals surface area contributed by atoms with Crippen LogP contribution in [0.2, 0.25) is 5.02 Å². The van der Waals surface area contributed by atoms with Crippen molar-refractivity contribution in [3.8, 4) is 6.07 Å². The van der Waals surface area contributed by atoms with Crippen LogP contribution in [-0.4, -0.2) is 10.5 Å². The second-order valence-corrected chi connectivity index (χ2v) is 7.37. The van der Waals surface area contributed by atoms with Crippen molar-refractivity contribution in [2.24, 2.45) is 0 Å². The number of hydrogen-bond acceptors (Lipinski definition) is 2. The van der Waals surface area contributed by atoms with E-state index in [2.05, 4.69) is 5.32 Å². The summed E-state index contributed by atoms with van der Waals surface area (Å²) in [5.74, 6) is -0.820. The molecule has 0 aliphatic heterocycles. The number of amides is 1. The fraction of sp³-hybridized carbons (Fsp3) is 0.0400. The Morgan fingerprint density at radius 1 is 1.06 bits per heavy atom. The van der Waals surface area contributed by atoms with Crippen LogP contribution in [0.3, 0.4) is 0 Å². The molecule has 0 unspecified atom stereocenters. The third-order valence-corrected chi connectivity index (χ3v) is 5.20. The molecule has 31 heavy (non-hydrogen) atoms. The Morgan fingerprint density at radius 3 is 2.52 bits per heavy atom. The largest absolute Gasteiger partial charge is 0.342 e. The average molecular weight is 430 g/mol. The number of para-hydroxylation sites is 2. The Labute approximate surface area is 183 Å². The maximum absolute atomic E-state index is 13.2. The molecule has 0 bridgehead atoms. The van der Waals surface area contributed by atoms with Gasteiger partial charge in [-0.1, -0.05) is 54.1 Å². The summed E-state index contributed by atoms with van der Waals surface area (Å²) in [5, 5.41) is 13.6. The minimum Gasteiger partial charge on any atom is -0.342 e. The van der Waals surface area contributed by atoms with E-state index >= 15 is 0 Å². The highest BCUT2D eigenvalue weighted by atomic mass is 35.5. The summed E-state index contributed by atoms with van der Waals surface area (Å²) in [4.78, 5) is 12.7. The van der Waals surface area contributed by atoms with Gasteiger partial charge in [0, 0.05) is 29.2 Å². The van der Waals surface area contributed by atoms with Gasteiger partial charge in [-0.15, -0.1) is 0 Å². The molecule has 1 amide bonds. The first-order chi connectivity index (χ1) is 15.0. The van der Waals surface area contributed by atoms with Gasteiger partial charge in [-0.2, -0.15) is 5.26 Å². The summed E-state index contributed by atoms with van der Waals surface area (Å²) in [6.07, 6.45) is 3.45. The lowest BCUT2D eigenvalue weighted by Crippen LogP contribution is -2.13. The summed E-state index contributed by atoms with van der Waals surface area (Å²) in [7, 11) is 0. The Balaban J connectivity index is 1.68. The molecule has 0 fully saturated rings. The van der Waals surface area contributed by atoms with E-state index < -0.39 is 5.91 Å². The number of rotatable bonds is 5. The van der Waals surface area contributed by atoms with Gasteiger partial charge in [-0.3, -0.25) is 4.79 Å². The molecule has 0 aliphatic rings. The van der Waals surface area contributed by atoms with Crippen molar-refractivity contribution in [3.63, 3.8) is 0 Å². The number of halogens is 2. The Hall–Kier alpha value is -3.88. The fourth-order valence-corrected chi connectivity index (χ4v) is 3.55. The Kier molecular flexibility index (Phi) is 5.83. The van der Waals surface area contributed by atoms with Gasteiger partial charge in [0.05, 0.1) is 10.7 Å². The predicted molar refractivity (Wildman–Crippen MR) is 121 cm³/mol. The van der Waals surface area contributed by atoms with Crippen molar-refractivity contribution in [2.45, 2.75) is 6.54 Å². The molecule has 6 heteroatoms. The monoisotopic (exact) mass is 429 g/mol. The van der Waals surface area contributed by atoms with Crippen molar-refractivity contribution in [2.75, 3.05) is 5.32 Å². The lowest BCUT2D eigenvalue weighted by atomic mass is 10.1. The van der Waals surface area contributed by atoms with Gasteiger partial charge in [0.2, 0.25) is 0 Å². The van der Waals surface area contributed by atoms with E-state index in [4.69, 9.17) is 11.6 Å². The molecule has 3 aromatic carbocycles. The van der Waals surface area contributed by atoms with E-state index in [-0.39, 0.29) is 11.4 Å². The first-order valence-corrected chi connectivity index (χ1v) is 9.93. The highest BCUT2D eigenvalue weighted by Crippen LogP contribution is 2.26. The van der Waals surface area contributed by atoms with Crippen molar-refractivity contribution < 1.29 is 9.18 Å². The smallest absolute Gasteiger partial charge is 0.266 e. The van der Waals surface area contributed by atoms with Gasteiger partial charge in [0.25, 0.3) is 5.91 Å². The Morgan fingerprint density at radius 2 is 1.77 bits per heavy atom. The van der Waals surface area contributed by atoms with Gasteiger partial charge >= 0.3 is 0 Å². The van der Waals surface area contributed by atoms with Gasteiger partial charge in [-0.05, 0) is 42.0 Å². The second-order valence-electron chi connectivity index (χ2n) is 6.96.